The summed E-state index contributed by atoms with van der Waals surface area (Å²) in [6, 6.07) is 0.952. The summed E-state index contributed by atoms with van der Waals surface area (Å²) in [4.78, 5) is 26.5. The molecule has 4 fully saturated rings. The fourth-order valence-corrected chi connectivity index (χ4v) is 7.02. The quantitative estimate of drug-likeness (QED) is 0.700. The first-order valence-corrected chi connectivity index (χ1v) is 12.5. The maximum absolute atomic E-state index is 13.0. The number of aromatic nitrogens is 1. The first-order valence-electron chi connectivity index (χ1n) is 12.5. The lowest BCUT2D eigenvalue weighted by atomic mass is 9.69. The Morgan fingerprint density at radius 3 is 2.50 bits per heavy atom. The Morgan fingerprint density at radius 2 is 1.81 bits per heavy atom. The van der Waals surface area contributed by atoms with E-state index in [1.54, 1.807) is 0 Å². The third kappa shape index (κ3) is 4.87. The van der Waals surface area contributed by atoms with E-state index in [1.807, 2.05) is 6.92 Å². The van der Waals surface area contributed by atoms with Crippen molar-refractivity contribution in [3.8, 4) is 0 Å². The Balaban J connectivity index is 0.000000775. The van der Waals surface area contributed by atoms with Crippen molar-refractivity contribution in [3.63, 3.8) is 0 Å². The van der Waals surface area contributed by atoms with Crippen molar-refractivity contribution in [2.45, 2.75) is 96.7 Å². The second-order valence-electron chi connectivity index (χ2n) is 10.4. The average molecular weight is 446 g/mol. The van der Waals surface area contributed by atoms with Gasteiger partial charge in [0.25, 0.3) is 6.47 Å². The fraction of sp³-hybridized carbons (Fsp3) is 0.800. The number of nitrogens with zero attached hydrogens (tertiary/aromatic N) is 3. The number of aryl methyl sites for hydroxylation is 2. The molecule has 0 spiro atoms. The van der Waals surface area contributed by atoms with Crippen LogP contribution in [0.5, 0.6) is 0 Å². The largest absolute Gasteiger partial charge is 0.483 e. The van der Waals surface area contributed by atoms with Gasteiger partial charge in [-0.15, -0.1) is 0 Å². The van der Waals surface area contributed by atoms with E-state index in [-0.39, 0.29) is 6.47 Å². The van der Waals surface area contributed by atoms with Gasteiger partial charge in [0.15, 0.2) is 0 Å². The van der Waals surface area contributed by atoms with Crippen molar-refractivity contribution in [1.82, 2.24) is 15.0 Å². The molecule has 4 heterocycles. The smallest absolute Gasteiger partial charge is 0.290 e. The van der Waals surface area contributed by atoms with E-state index in [2.05, 4.69) is 21.9 Å². The van der Waals surface area contributed by atoms with Gasteiger partial charge in [-0.1, -0.05) is 37.3 Å². The SMILES string of the molecule is Cc1noc(C)c1CN1C[C@H]2C[C@@H](C1)[C@H](CC1CCCCC1)N1C(=O)CCC[C@@H]21.O=CO. The third-order valence-electron chi connectivity index (χ3n) is 8.43. The molecule has 1 saturated carbocycles. The van der Waals surface area contributed by atoms with Crippen LogP contribution < -0.4 is 0 Å². The molecule has 1 aliphatic carbocycles. The zero-order valence-electron chi connectivity index (χ0n) is 19.7. The van der Waals surface area contributed by atoms with Crippen molar-refractivity contribution in [1.29, 1.82) is 0 Å². The Morgan fingerprint density at radius 1 is 1.09 bits per heavy atom. The Hall–Kier alpha value is -1.89. The standard InChI is InChI=1S/C24H37N3O2.CH2O2/c1-16-21(17(2)29-25-16)15-26-13-19-12-20(14-26)23(11-18-7-4-3-5-8-18)27-22(19)9-6-10-24(27)28;2-1-3/h18-20,22-23H,3-15H2,1-2H3;1H,(H,2,3)/t19-,20+,22+,23+;/m1./s1. The number of carbonyl (C=O) groups is 2. The summed E-state index contributed by atoms with van der Waals surface area (Å²) < 4.78 is 5.42. The maximum atomic E-state index is 13.0. The summed E-state index contributed by atoms with van der Waals surface area (Å²) in [7, 11) is 0. The number of hydrogen-bond acceptors (Lipinski definition) is 5. The molecule has 0 unspecified atom stereocenters. The molecular formula is C25H39N3O4. The molecule has 178 valence electrons. The number of amides is 1. The van der Waals surface area contributed by atoms with Crippen molar-refractivity contribution < 1.29 is 19.2 Å². The highest BCUT2D eigenvalue weighted by Gasteiger charge is 2.49. The normalized spacial score (nSPS) is 30.9. The van der Waals surface area contributed by atoms with Crippen molar-refractivity contribution >= 4 is 12.4 Å². The minimum Gasteiger partial charge on any atom is -0.483 e. The third-order valence-corrected chi connectivity index (χ3v) is 8.43. The highest BCUT2D eigenvalue weighted by atomic mass is 16.5. The number of piperidine rings is 3. The average Bonchev–Trinajstić information content (AvgIpc) is 3.10. The van der Waals surface area contributed by atoms with E-state index in [1.165, 1.54) is 56.9 Å². The zero-order chi connectivity index (χ0) is 22.7. The lowest BCUT2D eigenvalue weighted by molar-refractivity contribution is -0.154. The molecule has 4 aliphatic rings. The monoisotopic (exact) mass is 445 g/mol. The van der Waals surface area contributed by atoms with Gasteiger partial charge < -0.3 is 14.5 Å². The number of carbonyl (C=O) groups excluding carboxylic acids is 1. The van der Waals surface area contributed by atoms with E-state index >= 15 is 0 Å². The predicted octanol–water partition coefficient (Wildman–Crippen LogP) is 4.16. The van der Waals surface area contributed by atoms with E-state index in [0.29, 0.717) is 29.8 Å². The van der Waals surface area contributed by atoms with Crippen LogP contribution in [0.15, 0.2) is 4.52 Å². The number of hydrogen-bond donors (Lipinski definition) is 1. The van der Waals surface area contributed by atoms with Gasteiger partial charge in [-0.2, -0.15) is 0 Å². The van der Waals surface area contributed by atoms with Gasteiger partial charge in [0, 0.05) is 43.7 Å². The minimum atomic E-state index is -0.250. The molecule has 4 atom stereocenters. The highest BCUT2D eigenvalue weighted by molar-refractivity contribution is 5.78. The van der Waals surface area contributed by atoms with E-state index in [4.69, 9.17) is 14.4 Å². The topological polar surface area (TPSA) is 86.9 Å². The van der Waals surface area contributed by atoms with Gasteiger partial charge in [0.1, 0.15) is 5.76 Å². The molecule has 7 nitrogen and oxygen atoms in total. The number of likely N-dealkylation sites (tertiary alicyclic amines) is 1. The Labute approximate surface area is 191 Å². The molecule has 2 bridgehead atoms. The van der Waals surface area contributed by atoms with Gasteiger partial charge in [-0.05, 0) is 57.3 Å². The molecule has 3 saturated heterocycles. The number of fused-ring (bicyclic) bond motifs is 4. The first kappa shape index (κ1) is 23.3. The molecule has 1 N–H and O–H groups in total. The summed E-state index contributed by atoms with van der Waals surface area (Å²) in [5, 5.41) is 11.1. The van der Waals surface area contributed by atoms with Crippen LogP contribution in [0.1, 0.15) is 81.2 Å². The fourth-order valence-electron chi connectivity index (χ4n) is 7.02. The van der Waals surface area contributed by atoms with Gasteiger partial charge in [0.2, 0.25) is 5.91 Å². The van der Waals surface area contributed by atoms with Crippen LogP contribution in [-0.2, 0) is 16.1 Å². The lowest BCUT2D eigenvalue weighted by Crippen LogP contribution is -2.65. The zero-order valence-corrected chi connectivity index (χ0v) is 19.7. The molecule has 1 aromatic rings. The van der Waals surface area contributed by atoms with Crippen molar-refractivity contribution in [3.05, 3.63) is 17.0 Å². The maximum Gasteiger partial charge on any atom is 0.290 e. The summed E-state index contributed by atoms with van der Waals surface area (Å²) in [5.74, 6) is 3.52. The second kappa shape index (κ2) is 10.4. The Kier molecular flexibility index (Phi) is 7.54. The van der Waals surface area contributed by atoms with Gasteiger partial charge in [-0.25, -0.2) is 0 Å². The van der Waals surface area contributed by atoms with E-state index in [9.17, 15) is 4.79 Å². The van der Waals surface area contributed by atoms with Crippen LogP contribution in [0.25, 0.3) is 0 Å². The van der Waals surface area contributed by atoms with Crippen LogP contribution >= 0.6 is 0 Å². The summed E-state index contributed by atoms with van der Waals surface area (Å²) in [6.45, 7) is 7.03. The van der Waals surface area contributed by atoms with Crippen molar-refractivity contribution in [2.24, 2.45) is 17.8 Å². The minimum absolute atomic E-state index is 0.250. The first-order chi connectivity index (χ1) is 15.5. The van der Waals surface area contributed by atoms with E-state index < -0.39 is 0 Å². The molecule has 0 aromatic carbocycles. The summed E-state index contributed by atoms with van der Waals surface area (Å²) >= 11 is 0. The summed E-state index contributed by atoms with van der Waals surface area (Å²) in [6.07, 6.45) is 12.6. The van der Waals surface area contributed by atoms with E-state index in [0.717, 1.165) is 49.8 Å². The molecule has 32 heavy (non-hydrogen) atoms. The number of carboxylic acid groups (broad SMARTS) is 1. The molecule has 0 radical (unpaired) electrons. The van der Waals surface area contributed by atoms with Crippen LogP contribution in [0.2, 0.25) is 0 Å². The van der Waals surface area contributed by atoms with Crippen LogP contribution in [-0.4, -0.2) is 57.6 Å². The number of rotatable bonds is 4. The molecule has 5 rings (SSSR count). The molecule has 1 amide bonds. The predicted molar refractivity (Wildman–Crippen MR) is 121 cm³/mol. The lowest BCUT2D eigenvalue weighted by Gasteiger charge is -2.57. The molecule has 7 heteroatoms. The molecule has 1 aromatic heterocycles. The molecule has 3 aliphatic heterocycles. The van der Waals surface area contributed by atoms with Crippen LogP contribution in [0, 0.1) is 31.6 Å². The van der Waals surface area contributed by atoms with Crippen LogP contribution in [0.4, 0.5) is 0 Å². The summed E-state index contributed by atoms with van der Waals surface area (Å²) in [5.41, 5.74) is 2.30. The molecular weight excluding hydrogens is 406 g/mol. The second-order valence-corrected chi connectivity index (χ2v) is 10.4. The highest BCUT2D eigenvalue weighted by Crippen LogP contribution is 2.45. The van der Waals surface area contributed by atoms with Crippen LogP contribution in [0.3, 0.4) is 0 Å². The van der Waals surface area contributed by atoms with Gasteiger partial charge in [0.05, 0.1) is 5.69 Å². The Bertz CT molecular complexity index is 769. The van der Waals surface area contributed by atoms with Gasteiger partial charge in [-0.3, -0.25) is 14.5 Å². The van der Waals surface area contributed by atoms with Crippen molar-refractivity contribution in [2.75, 3.05) is 13.1 Å². The van der Waals surface area contributed by atoms with Gasteiger partial charge >= 0.3 is 0 Å².